The van der Waals surface area contributed by atoms with Crippen LogP contribution in [0.2, 0.25) is 5.02 Å². The van der Waals surface area contributed by atoms with Crippen LogP contribution in [0.25, 0.3) is 0 Å². The van der Waals surface area contributed by atoms with Crippen LogP contribution in [0, 0.1) is 6.92 Å². The normalized spacial score (nSPS) is 11.8. The van der Waals surface area contributed by atoms with Crippen LogP contribution < -0.4 is 5.73 Å². The average Bonchev–Trinajstić information content (AvgIpc) is 2.74. The van der Waals surface area contributed by atoms with Gasteiger partial charge in [0.05, 0.1) is 5.02 Å². The fourth-order valence-corrected chi connectivity index (χ4v) is 2.34. The van der Waals surface area contributed by atoms with E-state index in [0.717, 1.165) is 4.90 Å². The fraction of sp³-hybridized carbons (Fsp3) is 0.100. The molecule has 0 aliphatic carbocycles. The van der Waals surface area contributed by atoms with E-state index in [1.165, 1.54) is 11.8 Å². The number of halogens is 1. The minimum Gasteiger partial charge on any atom is -0.416 e. The van der Waals surface area contributed by atoms with Gasteiger partial charge in [0, 0.05) is 17.4 Å². The maximum Gasteiger partial charge on any atom is 0.281 e. The van der Waals surface area contributed by atoms with E-state index in [-0.39, 0.29) is 5.84 Å². The van der Waals surface area contributed by atoms with Crippen molar-refractivity contribution in [1.29, 1.82) is 0 Å². The van der Waals surface area contributed by atoms with Crippen molar-refractivity contribution in [1.82, 2.24) is 10.2 Å². The molecule has 0 bridgehead atoms. The van der Waals surface area contributed by atoms with Crippen LogP contribution in [-0.2, 0) is 0 Å². The van der Waals surface area contributed by atoms with Crippen LogP contribution in [0.4, 0.5) is 0 Å². The first-order valence-electron chi connectivity index (χ1n) is 4.85. The number of aromatic nitrogens is 2. The number of nitrogens with two attached hydrogens (primary N) is 1. The van der Waals surface area contributed by atoms with Crippen LogP contribution in [0.3, 0.4) is 0 Å². The van der Waals surface area contributed by atoms with Crippen molar-refractivity contribution in [3.05, 3.63) is 34.7 Å². The second kappa shape index (κ2) is 5.28. The van der Waals surface area contributed by atoms with Crippen LogP contribution in [0.1, 0.15) is 11.5 Å². The van der Waals surface area contributed by atoms with Gasteiger partial charge in [-0.2, -0.15) is 0 Å². The van der Waals surface area contributed by atoms with Gasteiger partial charge in [0.1, 0.15) is 0 Å². The zero-order valence-corrected chi connectivity index (χ0v) is 10.9. The van der Waals surface area contributed by atoms with Crippen molar-refractivity contribution in [2.75, 3.05) is 0 Å². The number of nitrogens with zero attached hydrogens (tertiary/aromatic N) is 3. The number of oxime groups is 1. The first-order chi connectivity index (χ1) is 8.60. The Balaban J connectivity index is 2.24. The predicted octanol–water partition coefficient (Wildman–Crippen LogP) is 2.28. The summed E-state index contributed by atoms with van der Waals surface area (Å²) in [4.78, 5) is 0.818. The standard InChI is InChI=1S/C10H9ClN4O2S/c1-5-13-14-10(17-5)18-6-2-3-7(8(11)4-6)9(12)15-16/h2-4,16H,1H3,(H2,12,15). The summed E-state index contributed by atoms with van der Waals surface area (Å²) in [6, 6.07) is 5.10. The lowest BCUT2D eigenvalue weighted by atomic mass is 10.2. The lowest BCUT2D eigenvalue weighted by Crippen LogP contribution is -2.13. The van der Waals surface area contributed by atoms with Crippen molar-refractivity contribution in [2.45, 2.75) is 17.0 Å². The first kappa shape index (κ1) is 12.7. The molecule has 0 unspecified atom stereocenters. The summed E-state index contributed by atoms with van der Waals surface area (Å²) in [5, 5.41) is 19.9. The third kappa shape index (κ3) is 2.74. The highest BCUT2D eigenvalue weighted by atomic mass is 35.5. The van der Waals surface area contributed by atoms with Gasteiger partial charge < -0.3 is 15.4 Å². The molecule has 3 N–H and O–H groups in total. The molecule has 0 spiro atoms. The van der Waals surface area contributed by atoms with Crippen molar-refractivity contribution >= 4 is 29.2 Å². The molecule has 1 heterocycles. The molecule has 0 saturated carbocycles. The van der Waals surface area contributed by atoms with Gasteiger partial charge in [0.2, 0.25) is 5.89 Å². The first-order valence-corrected chi connectivity index (χ1v) is 6.05. The van der Waals surface area contributed by atoms with E-state index in [1.807, 2.05) is 0 Å². The molecule has 1 aromatic carbocycles. The van der Waals surface area contributed by atoms with Crippen molar-refractivity contribution < 1.29 is 9.62 Å². The third-order valence-corrected chi connectivity index (χ3v) is 3.18. The summed E-state index contributed by atoms with van der Waals surface area (Å²) in [5.41, 5.74) is 5.93. The van der Waals surface area contributed by atoms with E-state index in [4.69, 9.17) is 27.0 Å². The van der Waals surface area contributed by atoms with Gasteiger partial charge in [-0.1, -0.05) is 16.8 Å². The Kier molecular flexibility index (Phi) is 3.73. The molecular weight excluding hydrogens is 276 g/mol. The largest absolute Gasteiger partial charge is 0.416 e. The Morgan fingerprint density at radius 3 is 2.83 bits per heavy atom. The zero-order chi connectivity index (χ0) is 13.1. The Labute approximate surface area is 112 Å². The number of benzene rings is 1. The molecule has 0 fully saturated rings. The molecular formula is C10H9ClN4O2S. The van der Waals surface area contributed by atoms with E-state index < -0.39 is 0 Å². The van der Waals surface area contributed by atoms with E-state index in [0.29, 0.717) is 21.7 Å². The average molecular weight is 285 g/mol. The summed E-state index contributed by atoms with van der Waals surface area (Å²) >= 11 is 7.31. The smallest absolute Gasteiger partial charge is 0.281 e. The topological polar surface area (TPSA) is 97.5 Å². The van der Waals surface area contributed by atoms with Gasteiger partial charge in [0.25, 0.3) is 5.22 Å². The molecule has 8 heteroatoms. The fourth-order valence-electron chi connectivity index (χ4n) is 1.24. The molecule has 0 aliphatic rings. The highest BCUT2D eigenvalue weighted by molar-refractivity contribution is 7.99. The van der Waals surface area contributed by atoms with E-state index in [1.54, 1.807) is 25.1 Å². The monoisotopic (exact) mass is 284 g/mol. The maximum atomic E-state index is 8.59. The summed E-state index contributed by atoms with van der Waals surface area (Å²) in [7, 11) is 0. The molecule has 94 valence electrons. The van der Waals surface area contributed by atoms with Crippen molar-refractivity contribution in [3.8, 4) is 0 Å². The predicted molar refractivity (Wildman–Crippen MR) is 67.1 cm³/mol. The zero-order valence-electron chi connectivity index (χ0n) is 9.29. The molecule has 0 atom stereocenters. The number of hydrogen-bond donors (Lipinski definition) is 2. The van der Waals surface area contributed by atoms with Gasteiger partial charge in [0.15, 0.2) is 5.84 Å². The summed E-state index contributed by atoms with van der Waals surface area (Å²) in [6.07, 6.45) is 0. The number of aryl methyl sites for hydroxylation is 1. The third-order valence-electron chi connectivity index (χ3n) is 2.04. The molecule has 2 aromatic rings. The van der Waals surface area contributed by atoms with Crippen LogP contribution in [0.15, 0.2) is 37.9 Å². The van der Waals surface area contributed by atoms with Crippen molar-refractivity contribution in [3.63, 3.8) is 0 Å². The molecule has 18 heavy (non-hydrogen) atoms. The van der Waals surface area contributed by atoms with E-state index in [9.17, 15) is 0 Å². The van der Waals surface area contributed by atoms with E-state index >= 15 is 0 Å². The minimum atomic E-state index is -0.0369. The maximum absolute atomic E-state index is 8.59. The van der Waals surface area contributed by atoms with Gasteiger partial charge in [-0.25, -0.2) is 0 Å². The Morgan fingerprint density at radius 1 is 1.50 bits per heavy atom. The van der Waals surface area contributed by atoms with Gasteiger partial charge in [-0.3, -0.25) is 0 Å². The second-order valence-electron chi connectivity index (χ2n) is 3.32. The molecule has 0 saturated heterocycles. The van der Waals surface area contributed by atoms with E-state index in [2.05, 4.69) is 15.4 Å². The molecule has 0 aliphatic heterocycles. The summed E-state index contributed by atoms with van der Waals surface area (Å²) < 4.78 is 5.24. The number of hydrogen-bond acceptors (Lipinski definition) is 6. The Bertz CT molecular complexity index is 599. The lowest BCUT2D eigenvalue weighted by Gasteiger charge is -2.03. The lowest BCUT2D eigenvalue weighted by molar-refractivity contribution is 0.318. The molecule has 2 rings (SSSR count). The highest BCUT2D eigenvalue weighted by Gasteiger charge is 2.09. The minimum absolute atomic E-state index is 0.0369. The molecule has 6 nitrogen and oxygen atoms in total. The quantitative estimate of drug-likeness (QED) is 0.388. The molecule has 0 radical (unpaired) electrons. The van der Waals surface area contributed by atoms with Crippen LogP contribution in [-0.4, -0.2) is 21.2 Å². The summed E-state index contributed by atoms with van der Waals surface area (Å²) in [6.45, 7) is 1.71. The van der Waals surface area contributed by atoms with Crippen LogP contribution in [0.5, 0.6) is 0 Å². The highest BCUT2D eigenvalue weighted by Crippen LogP contribution is 2.29. The van der Waals surface area contributed by atoms with Gasteiger partial charge in [-0.05, 0) is 30.0 Å². The second-order valence-corrected chi connectivity index (χ2v) is 4.75. The van der Waals surface area contributed by atoms with Gasteiger partial charge in [-0.15, -0.1) is 10.2 Å². The van der Waals surface area contributed by atoms with Gasteiger partial charge >= 0.3 is 0 Å². The van der Waals surface area contributed by atoms with Crippen molar-refractivity contribution in [2.24, 2.45) is 10.9 Å². The SMILES string of the molecule is Cc1nnc(Sc2ccc(C(N)=NO)c(Cl)c2)o1. The Hall–Kier alpha value is -1.73. The van der Waals surface area contributed by atoms with Crippen LogP contribution >= 0.6 is 23.4 Å². The Morgan fingerprint density at radius 2 is 2.28 bits per heavy atom. The number of rotatable bonds is 3. The number of amidine groups is 1. The summed E-state index contributed by atoms with van der Waals surface area (Å²) in [5.74, 6) is 0.460. The molecule has 0 amide bonds. The molecule has 1 aromatic heterocycles.